The molecule has 2 spiro atoms. The molecule has 0 bridgehead atoms. The van der Waals surface area contributed by atoms with Gasteiger partial charge in [0.05, 0.1) is 26.4 Å². The molecule has 0 aromatic heterocycles. The van der Waals surface area contributed by atoms with Gasteiger partial charge in [-0.2, -0.15) is 0 Å². The third kappa shape index (κ3) is 3.26. The van der Waals surface area contributed by atoms with Crippen LogP contribution in [0.1, 0.15) is 60.8 Å². The molecule has 0 atom stereocenters. The van der Waals surface area contributed by atoms with Gasteiger partial charge in [-0.05, 0) is 60.1 Å². The molecule has 2 saturated heterocycles. The van der Waals surface area contributed by atoms with Crippen molar-refractivity contribution >= 4 is 11.1 Å². The average molecular weight is 383 g/mol. The fraction of sp³-hybridized carbons (Fsp3) is 0.583. The van der Waals surface area contributed by atoms with E-state index in [-0.39, 0.29) is 11.6 Å². The SMILES string of the molecule is Cc1cc(C2=CCC3(CC2)OCCO3)cc(C)c1C1=CCC2(CC1)OCCO2. The largest absolute Gasteiger partial charge is 0.347 e. The molecule has 150 valence electrons. The Morgan fingerprint density at radius 1 is 0.679 bits per heavy atom. The fourth-order valence-corrected chi connectivity index (χ4v) is 5.28. The number of aryl methyl sites for hydroxylation is 2. The van der Waals surface area contributed by atoms with Crippen LogP contribution in [0.2, 0.25) is 0 Å². The molecule has 4 heteroatoms. The first-order chi connectivity index (χ1) is 13.6. The number of ether oxygens (including phenoxy) is 4. The zero-order valence-corrected chi connectivity index (χ0v) is 17.0. The molecule has 2 heterocycles. The molecule has 0 N–H and O–H groups in total. The molecule has 0 saturated carbocycles. The third-order valence-electron chi connectivity index (χ3n) is 6.72. The lowest BCUT2D eigenvalue weighted by molar-refractivity contribution is -0.160. The summed E-state index contributed by atoms with van der Waals surface area (Å²) in [7, 11) is 0. The maximum absolute atomic E-state index is 5.87. The summed E-state index contributed by atoms with van der Waals surface area (Å²) >= 11 is 0. The lowest BCUT2D eigenvalue weighted by Gasteiger charge is -2.32. The van der Waals surface area contributed by atoms with E-state index in [9.17, 15) is 0 Å². The van der Waals surface area contributed by atoms with Gasteiger partial charge in [-0.15, -0.1) is 0 Å². The van der Waals surface area contributed by atoms with Crippen molar-refractivity contribution < 1.29 is 18.9 Å². The van der Waals surface area contributed by atoms with E-state index in [4.69, 9.17) is 18.9 Å². The molecule has 1 aromatic carbocycles. The highest BCUT2D eigenvalue weighted by molar-refractivity contribution is 5.76. The Kier molecular flexibility index (Phi) is 4.71. The Labute approximate surface area is 167 Å². The van der Waals surface area contributed by atoms with Crippen LogP contribution < -0.4 is 0 Å². The van der Waals surface area contributed by atoms with Crippen LogP contribution in [0.5, 0.6) is 0 Å². The molecule has 4 nitrogen and oxygen atoms in total. The summed E-state index contributed by atoms with van der Waals surface area (Å²) < 4.78 is 23.5. The van der Waals surface area contributed by atoms with Crippen LogP contribution in [0.3, 0.4) is 0 Å². The summed E-state index contributed by atoms with van der Waals surface area (Å²) in [6.07, 6.45) is 10.3. The summed E-state index contributed by atoms with van der Waals surface area (Å²) in [4.78, 5) is 0. The van der Waals surface area contributed by atoms with Gasteiger partial charge in [-0.25, -0.2) is 0 Å². The molecule has 0 amide bonds. The van der Waals surface area contributed by atoms with Gasteiger partial charge >= 0.3 is 0 Å². The third-order valence-corrected chi connectivity index (χ3v) is 6.72. The van der Waals surface area contributed by atoms with Gasteiger partial charge in [0.1, 0.15) is 0 Å². The van der Waals surface area contributed by atoms with E-state index in [0.29, 0.717) is 0 Å². The van der Waals surface area contributed by atoms with Crippen LogP contribution in [-0.4, -0.2) is 38.0 Å². The lowest BCUT2D eigenvalue weighted by atomic mass is 9.83. The smallest absolute Gasteiger partial charge is 0.172 e. The quantitative estimate of drug-likeness (QED) is 0.727. The summed E-state index contributed by atoms with van der Waals surface area (Å²) in [5.41, 5.74) is 8.34. The van der Waals surface area contributed by atoms with Crippen molar-refractivity contribution in [3.05, 3.63) is 46.5 Å². The van der Waals surface area contributed by atoms with Crippen LogP contribution >= 0.6 is 0 Å². The van der Waals surface area contributed by atoms with Crippen molar-refractivity contribution in [1.82, 2.24) is 0 Å². The average Bonchev–Trinajstić information content (AvgIpc) is 3.34. The van der Waals surface area contributed by atoms with Crippen LogP contribution in [-0.2, 0) is 18.9 Å². The highest BCUT2D eigenvalue weighted by Gasteiger charge is 2.39. The van der Waals surface area contributed by atoms with E-state index in [1.54, 1.807) is 0 Å². The van der Waals surface area contributed by atoms with E-state index in [1.807, 2.05) is 0 Å². The minimum absolute atomic E-state index is 0.346. The van der Waals surface area contributed by atoms with Gasteiger partial charge in [0.15, 0.2) is 11.6 Å². The second-order valence-electron chi connectivity index (χ2n) is 8.57. The van der Waals surface area contributed by atoms with Crippen molar-refractivity contribution in [2.75, 3.05) is 26.4 Å². The van der Waals surface area contributed by atoms with E-state index in [1.165, 1.54) is 33.4 Å². The number of rotatable bonds is 2. The molecule has 2 aliphatic carbocycles. The molecule has 0 unspecified atom stereocenters. The van der Waals surface area contributed by atoms with Gasteiger partial charge in [-0.1, -0.05) is 24.3 Å². The number of hydrogen-bond acceptors (Lipinski definition) is 4. The first-order valence-corrected chi connectivity index (χ1v) is 10.6. The lowest BCUT2D eigenvalue weighted by Crippen LogP contribution is -2.31. The van der Waals surface area contributed by atoms with Gasteiger partial charge in [0.2, 0.25) is 0 Å². The highest BCUT2D eigenvalue weighted by Crippen LogP contribution is 2.42. The van der Waals surface area contributed by atoms with E-state index in [0.717, 1.165) is 65.0 Å². The monoisotopic (exact) mass is 382 g/mol. The van der Waals surface area contributed by atoms with E-state index < -0.39 is 0 Å². The predicted octanol–water partition coefficient (Wildman–Crippen LogP) is 4.92. The molecule has 2 aliphatic heterocycles. The van der Waals surface area contributed by atoms with Crippen molar-refractivity contribution in [3.8, 4) is 0 Å². The highest BCUT2D eigenvalue weighted by atomic mass is 16.7. The van der Waals surface area contributed by atoms with Crippen LogP contribution in [0.15, 0.2) is 24.3 Å². The fourth-order valence-electron chi connectivity index (χ4n) is 5.28. The normalized spacial score (nSPS) is 25.9. The zero-order valence-electron chi connectivity index (χ0n) is 17.0. The summed E-state index contributed by atoms with van der Waals surface area (Å²) in [6, 6.07) is 4.71. The second-order valence-corrected chi connectivity index (χ2v) is 8.57. The summed E-state index contributed by atoms with van der Waals surface area (Å²) in [6.45, 7) is 7.39. The molecular formula is C24H30O4. The Balaban J connectivity index is 1.38. The minimum atomic E-state index is -0.349. The molecule has 4 aliphatic rings. The molecule has 5 rings (SSSR count). The maximum atomic E-state index is 5.87. The zero-order chi connectivity index (χ0) is 19.2. The molecule has 1 aromatic rings. The molecule has 2 fully saturated rings. The van der Waals surface area contributed by atoms with Crippen molar-refractivity contribution in [3.63, 3.8) is 0 Å². The molecular weight excluding hydrogens is 352 g/mol. The summed E-state index contributed by atoms with van der Waals surface area (Å²) in [5, 5.41) is 0. The Morgan fingerprint density at radius 3 is 1.57 bits per heavy atom. The van der Waals surface area contributed by atoms with Crippen molar-refractivity contribution in [2.45, 2.75) is 63.9 Å². The van der Waals surface area contributed by atoms with Gasteiger partial charge in [0, 0.05) is 25.7 Å². The van der Waals surface area contributed by atoms with Crippen molar-refractivity contribution in [2.24, 2.45) is 0 Å². The summed E-state index contributed by atoms with van der Waals surface area (Å²) in [5.74, 6) is -0.695. The first-order valence-electron chi connectivity index (χ1n) is 10.6. The van der Waals surface area contributed by atoms with Crippen molar-refractivity contribution in [1.29, 1.82) is 0 Å². The Bertz CT molecular complexity index is 800. The van der Waals surface area contributed by atoms with Crippen LogP contribution in [0, 0.1) is 13.8 Å². The maximum Gasteiger partial charge on any atom is 0.172 e. The minimum Gasteiger partial charge on any atom is -0.347 e. The van der Waals surface area contributed by atoms with Gasteiger partial charge in [0.25, 0.3) is 0 Å². The van der Waals surface area contributed by atoms with E-state index in [2.05, 4.69) is 38.1 Å². The van der Waals surface area contributed by atoms with Gasteiger partial charge in [-0.3, -0.25) is 0 Å². The van der Waals surface area contributed by atoms with Crippen LogP contribution in [0.4, 0.5) is 0 Å². The Morgan fingerprint density at radius 2 is 1.14 bits per heavy atom. The number of allylic oxidation sites excluding steroid dienone is 2. The topological polar surface area (TPSA) is 36.9 Å². The molecule has 0 radical (unpaired) electrons. The number of hydrogen-bond donors (Lipinski definition) is 0. The van der Waals surface area contributed by atoms with Crippen LogP contribution in [0.25, 0.3) is 11.1 Å². The van der Waals surface area contributed by atoms with Gasteiger partial charge < -0.3 is 18.9 Å². The van der Waals surface area contributed by atoms with E-state index >= 15 is 0 Å². The number of benzene rings is 1. The standard InChI is InChI=1S/C24H30O4/c1-17-15-21(19-3-7-23(8-4-19)25-11-12-26-23)16-18(2)22(17)20-5-9-24(10-6-20)27-13-14-28-24/h3,5,15-16H,4,6-14H2,1-2H3. The predicted molar refractivity (Wildman–Crippen MR) is 109 cm³/mol. The second kappa shape index (κ2) is 7.10. The molecule has 28 heavy (non-hydrogen) atoms. The Hall–Kier alpha value is -1.46. The first kappa shape index (κ1) is 18.6.